The number of benzene rings is 1. The molecule has 0 fully saturated rings. The van der Waals surface area contributed by atoms with Crippen LogP contribution in [0.5, 0.6) is 5.75 Å². The Bertz CT molecular complexity index is 1290. The predicted octanol–water partition coefficient (Wildman–Crippen LogP) is 4.41. The van der Waals surface area contributed by atoms with E-state index in [2.05, 4.69) is 4.74 Å². The minimum absolute atomic E-state index is 0.102. The Kier molecular flexibility index (Phi) is 5.87. The number of alkyl halides is 3. The van der Waals surface area contributed by atoms with Crippen LogP contribution in [0, 0.1) is 0 Å². The van der Waals surface area contributed by atoms with Gasteiger partial charge in [-0.2, -0.15) is 0 Å². The molecule has 0 saturated carbocycles. The number of aromatic nitrogens is 1. The van der Waals surface area contributed by atoms with Crippen LogP contribution in [0.1, 0.15) is 38.2 Å². The number of fused-ring (bicyclic) bond motifs is 1. The third-order valence-corrected chi connectivity index (χ3v) is 6.52. The van der Waals surface area contributed by atoms with Crippen molar-refractivity contribution in [3.63, 3.8) is 0 Å². The fourth-order valence-electron chi connectivity index (χ4n) is 3.86. The lowest BCUT2D eigenvalue weighted by atomic mass is 9.99. The lowest BCUT2D eigenvalue weighted by Gasteiger charge is -2.30. The first kappa shape index (κ1) is 22.8. The summed E-state index contributed by atoms with van der Waals surface area (Å²) < 4.78 is 42.6. The number of amides is 1. The summed E-state index contributed by atoms with van der Waals surface area (Å²) in [6, 6.07) is 8.36. The molecule has 0 radical (unpaired) electrons. The number of hydrogen-bond donors (Lipinski definition) is 0. The molecule has 0 spiro atoms. The van der Waals surface area contributed by atoms with Gasteiger partial charge in [0.1, 0.15) is 5.75 Å². The number of Topliss-reactive ketones (excluding diaryl/α,β-unsaturated/α-hetero) is 1. The summed E-state index contributed by atoms with van der Waals surface area (Å²) in [7, 11) is 1.64. The van der Waals surface area contributed by atoms with Crippen LogP contribution in [-0.2, 0) is 20.0 Å². The van der Waals surface area contributed by atoms with Gasteiger partial charge in [0, 0.05) is 43.2 Å². The topological polar surface area (TPSA) is 68.6 Å². The predicted molar refractivity (Wildman–Crippen MR) is 117 cm³/mol. The summed E-state index contributed by atoms with van der Waals surface area (Å²) in [5, 5.41) is 1.66. The molecule has 0 bridgehead atoms. The first-order valence-corrected chi connectivity index (χ1v) is 10.9. The van der Waals surface area contributed by atoms with Crippen molar-refractivity contribution in [1.29, 1.82) is 0 Å². The first-order chi connectivity index (χ1) is 15.5. The molecule has 10 heteroatoms. The van der Waals surface area contributed by atoms with Gasteiger partial charge in [0.05, 0.1) is 10.4 Å². The number of carbonyl (C=O) groups excluding carboxylic acids is 2. The summed E-state index contributed by atoms with van der Waals surface area (Å²) in [6.45, 7) is 2.14. The lowest BCUT2D eigenvalue weighted by molar-refractivity contribution is -0.274. The van der Waals surface area contributed by atoms with Crippen molar-refractivity contribution in [1.82, 2.24) is 9.47 Å². The van der Waals surface area contributed by atoms with Crippen LogP contribution in [0.25, 0.3) is 11.1 Å². The summed E-state index contributed by atoms with van der Waals surface area (Å²) >= 11 is 1.22. The SMILES string of the molecule is CC(=O)c1cc(C(=O)N2CCc3c(cc(-c4ccc(OC(F)(F)F)cc4)c(=O)n3C)C2)cs1. The van der Waals surface area contributed by atoms with E-state index < -0.39 is 6.36 Å². The van der Waals surface area contributed by atoms with Gasteiger partial charge in [-0.05, 0) is 42.3 Å². The van der Waals surface area contributed by atoms with Gasteiger partial charge in [0.2, 0.25) is 0 Å². The van der Waals surface area contributed by atoms with E-state index >= 15 is 0 Å². The third kappa shape index (κ3) is 4.70. The Labute approximate surface area is 190 Å². The molecule has 2 aromatic heterocycles. The molecule has 3 aromatic rings. The normalized spacial score (nSPS) is 13.5. The number of rotatable bonds is 4. The van der Waals surface area contributed by atoms with Crippen LogP contribution < -0.4 is 10.3 Å². The fourth-order valence-corrected chi connectivity index (χ4v) is 4.64. The largest absolute Gasteiger partial charge is 0.573 e. The van der Waals surface area contributed by atoms with Crippen molar-refractivity contribution < 1.29 is 27.5 Å². The Hall–Kier alpha value is -3.40. The number of thiophene rings is 1. The number of ether oxygens (including phenoxy) is 1. The van der Waals surface area contributed by atoms with E-state index in [0.717, 1.165) is 23.4 Å². The Balaban J connectivity index is 1.62. The average Bonchev–Trinajstić information content (AvgIpc) is 3.26. The molecule has 3 heterocycles. The van der Waals surface area contributed by atoms with Gasteiger partial charge in [0.25, 0.3) is 11.5 Å². The zero-order valence-electron chi connectivity index (χ0n) is 17.7. The van der Waals surface area contributed by atoms with Gasteiger partial charge >= 0.3 is 6.36 Å². The third-order valence-electron chi connectivity index (χ3n) is 5.49. The number of nitrogens with zero attached hydrogens (tertiary/aromatic N) is 2. The van der Waals surface area contributed by atoms with Crippen molar-refractivity contribution in [2.75, 3.05) is 6.54 Å². The molecule has 1 amide bonds. The number of hydrogen-bond acceptors (Lipinski definition) is 5. The zero-order chi connectivity index (χ0) is 23.9. The van der Waals surface area contributed by atoms with Gasteiger partial charge in [-0.25, -0.2) is 0 Å². The lowest BCUT2D eigenvalue weighted by Crippen LogP contribution is -2.38. The first-order valence-electron chi connectivity index (χ1n) is 10.00. The summed E-state index contributed by atoms with van der Waals surface area (Å²) in [4.78, 5) is 39.6. The standard InChI is InChI=1S/C23H19F3N2O4S/c1-13(29)20-10-16(12-33-20)21(30)28-8-7-19-15(11-28)9-18(22(31)27(19)2)14-3-5-17(6-4-14)32-23(24,25)26/h3-6,9-10,12H,7-8,11H2,1-2H3. The highest BCUT2D eigenvalue weighted by Gasteiger charge is 2.31. The van der Waals surface area contributed by atoms with Crippen molar-refractivity contribution in [2.24, 2.45) is 7.05 Å². The highest BCUT2D eigenvalue weighted by molar-refractivity contribution is 7.12. The highest BCUT2D eigenvalue weighted by atomic mass is 32.1. The van der Waals surface area contributed by atoms with E-state index in [1.807, 2.05) is 0 Å². The Morgan fingerprint density at radius 1 is 1.12 bits per heavy atom. The number of halogens is 3. The van der Waals surface area contributed by atoms with E-state index in [4.69, 9.17) is 0 Å². The summed E-state index contributed by atoms with van der Waals surface area (Å²) in [5.74, 6) is -0.679. The maximum absolute atomic E-state index is 13.0. The molecule has 0 atom stereocenters. The van der Waals surface area contributed by atoms with Crippen molar-refractivity contribution in [2.45, 2.75) is 26.3 Å². The van der Waals surface area contributed by atoms with Crippen LogP contribution in [-0.4, -0.2) is 34.1 Å². The molecule has 4 rings (SSSR count). The number of carbonyl (C=O) groups is 2. The maximum Gasteiger partial charge on any atom is 0.573 e. The van der Waals surface area contributed by atoms with E-state index in [0.29, 0.717) is 34.5 Å². The minimum Gasteiger partial charge on any atom is -0.406 e. The van der Waals surface area contributed by atoms with Gasteiger partial charge in [-0.15, -0.1) is 24.5 Å². The molecule has 6 nitrogen and oxygen atoms in total. The average molecular weight is 476 g/mol. The van der Waals surface area contributed by atoms with Gasteiger partial charge in [0.15, 0.2) is 5.78 Å². The van der Waals surface area contributed by atoms with Gasteiger partial charge < -0.3 is 14.2 Å². The van der Waals surface area contributed by atoms with Crippen molar-refractivity contribution in [3.8, 4) is 16.9 Å². The Morgan fingerprint density at radius 2 is 1.82 bits per heavy atom. The minimum atomic E-state index is -4.80. The highest BCUT2D eigenvalue weighted by Crippen LogP contribution is 2.28. The molecule has 0 N–H and O–H groups in total. The molecule has 0 unspecified atom stereocenters. The number of pyridine rings is 1. The quantitative estimate of drug-likeness (QED) is 0.523. The molecule has 1 aliphatic rings. The van der Waals surface area contributed by atoms with Crippen molar-refractivity contribution >= 4 is 23.0 Å². The Morgan fingerprint density at radius 3 is 2.42 bits per heavy atom. The molecule has 1 aliphatic heterocycles. The van der Waals surface area contributed by atoms with E-state index in [9.17, 15) is 27.6 Å². The molecule has 172 valence electrons. The molecule has 0 saturated heterocycles. The second kappa shape index (κ2) is 8.51. The molecule has 1 aromatic carbocycles. The molecular formula is C23H19F3N2O4S. The van der Waals surface area contributed by atoms with E-state index in [1.165, 1.54) is 35.0 Å². The van der Waals surface area contributed by atoms with Crippen LogP contribution >= 0.6 is 11.3 Å². The summed E-state index contributed by atoms with van der Waals surface area (Å²) in [6.07, 6.45) is -4.32. The molecule has 0 aliphatic carbocycles. The smallest absolute Gasteiger partial charge is 0.406 e. The fraction of sp³-hybridized carbons (Fsp3) is 0.261. The van der Waals surface area contributed by atoms with E-state index in [1.54, 1.807) is 29.5 Å². The second-order valence-corrected chi connectivity index (χ2v) is 8.61. The second-order valence-electron chi connectivity index (χ2n) is 7.70. The van der Waals surface area contributed by atoms with Gasteiger partial charge in [-0.3, -0.25) is 14.4 Å². The van der Waals surface area contributed by atoms with Gasteiger partial charge in [-0.1, -0.05) is 12.1 Å². The zero-order valence-corrected chi connectivity index (χ0v) is 18.5. The van der Waals surface area contributed by atoms with Crippen LogP contribution in [0.3, 0.4) is 0 Å². The summed E-state index contributed by atoms with van der Waals surface area (Å²) in [5.41, 5.74) is 2.52. The monoisotopic (exact) mass is 476 g/mol. The number of ketones is 1. The molecule has 33 heavy (non-hydrogen) atoms. The van der Waals surface area contributed by atoms with Crippen LogP contribution in [0.4, 0.5) is 13.2 Å². The van der Waals surface area contributed by atoms with Crippen LogP contribution in [0.15, 0.2) is 46.6 Å². The van der Waals surface area contributed by atoms with Crippen molar-refractivity contribution in [3.05, 3.63) is 73.8 Å². The maximum atomic E-state index is 13.0. The van der Waals surface area contributed by atoms with E-state index in [-0.39, 0.29) is 29.5 Å². The van der Waals surface area contributed by atoms with Crippen LogP contribution in [0.2, 0.25) is 0 Å². The molecular weight excluding hydrogens is 457 g/mol.